The van der Waals surface area contributed by atoms with Crippen LogP contribution in [0.1, 0.15) is 5.56 Å². The number of likely N-dealkylation sites (N-methyl/N-ethyl adjacent to an activating group) is 1. The Morgan fingerprint density at radius 2 is 1.68 bits per heavy atom. The zero-order chi connectivity index (χ0) is 13.9. The van der Waals surface area contributed by atoms with Crippen LogP contribution < -0.4 is 5.19 Å². The SMILES string of the molecule is C=Cc1ccc([Si](C)(C)CN2CCN(C)CC2)cc1. The topological polar surface area (TPSA) is 6.48 Å². The van der Waals surface area contributed by atoms with E-state index in [0.29, 0.717) is 0 Å². The summed E-state index contributed by atoms with van der Waals surface area (Å²) in [6.45, 7) is 13.6. The van der Waals surface area contributed by atoms with Gasteiger partial charge in [0.1, 0.15) is 0 Å². The number of nitrogens with zero attached hydrogens (tertiary/aromatic N) is 2. The lowest BCUT2D eigenvalue weighted by Gasteiger charge is -2.37. The predicted octanol–water partition coefficient (Wildman–Crippen LogP) is 2.03. The van der Waals surface area contributed by atoms with Crippen molar-refractivity contribution < 1.29 is 0 Å². The lowest BCUT2D eigenvalue weighted by Crippen LogP contribution is -2.56. The van der Waals surface area contributed by atoms with Crippen LogP contribution in [0.3, 0.4) is 0 Å². The second-order valence-corrected chi connectivity index (χ2v) is 11.0. The first-order chi connectivity index (χ1) is 9.01. The van der Waals surface area contributed by atoms with Crippen LogP contribution in [0.2, 0.25) is 13.1 Å². The first-order valence-electron chi connectivity index (χ1n) is 7.15. The molecule has 1 fully saturated rings. The molecule has 1 heterocycles. The Morgan fingerprint density at radius 3 is 2.21 bits per heavy atom. The molecule has 0 bridgehead atoms. The van der Waals surface area contributed by atoms with Gasteiger partial charge in [0.05, 0.1) is 8.07 Å². The van der Waals surface area contributed by atoms with Crippen molar-refractivity contribution in [1.82, 2.24) is 9.80 Å². The summed E-state index contributed by atoms with van der Waals surface area (Å²) in [5, 5.41) is 1.55. The van der Waals surface area contributed by atoms with E-state index in [2.05, 4.69) is 60.8 Å². The molecule has 0 radical (unpaired) electrons. The molecule has 0 N–H and O–H groups in total. The van der Waals surface area contributed by atoms with Crippen LogP contribution in [0.25, 0.3) is 6.08 Å². The Balaban J connectivity index is 2.02. The van der Waals surface area contributed by atoms with Gasteiger partial charge >= 0.3 is 0 Å². The van der Waals surface area contributed by atoms with Crippen molar-refractivity contribution >= 4 is 19.3 Å². The molecular weight excluding hydrogens is 248 g/mol. The third-order valence-electron chi connectivity index (χ3n) is 4.14. The summed E-state index contributed by atoms with van der Waals surface area (Å²) >= 11 is 0. The Bertz CT molecular complexity index is 417. The van der Waals surface area contributed by atoms with Gasteiger partial charge in [-0.05, 0) is 18.8 Å². The zero-order valence-corrected chi connectivity index (χ0v) is 13.5. The zero-order valence-electron chi connectivity index (χ0n) is 12.5. The predicted molar refractivity (Wildman–Crippen MR) is 87.6 cm³/mol. The maximum absolute atomic E-state index is 3.82. The average Bonchev–Trinajstić information content (AvgIpc) is 2.41. The van der Waals surface area contributed by atoms with Gasteiger partial charge < -0.3 is 9.80 Å². The molecule has 0 aliphatic carbocycles. The van der Waals surface area contributed by atoms with Crippen molar-refractivity contribution in [2.24, 2.45) is 0 Å². The second kappa shape index (κ2) is 6.03. The minimum atomic E-state index is -1.35. The third-order valence-corrected chi connectivity index (χ3v) is 7.28. The molecule has 0 atom stereocenters. The Kier molecular flexibility index (Phi) is 4.61. The monoisotopic (exact) mass is 274 g/mol. The number of piperazine rings is 1. The van der Waals surface area contributed by atoms with Crippen molar-refractivity contribution in [2.45, 2.75) is 13.1 Å². The van der Waals surface area contributed by atoms with Crippen molar-refractivity contribution in [1.29, 1.82) is 0 Å². The van der Waals surface area contributed by atoms with E-state index in [1.165, 1.54) is 37.9 Å². The van der Waals surface area contributed by atoms with Gasteiger partial charge in [0.15, 0.2) is 0 Å². The maximum atomic E-state index is 3.82. The second-order valence-electron chi connectivity index (χ2n) is 6.29. The fourth-order valence-electron chi connectivity index (χ4n) is 2.73. The number of hydrogen-bond donors (Lipinski definition) is 0. The number of benzene rings is 1. The van der Waals surface area contributed by atoms with Gasteiger partial charge in [-0.3, -0.25) is 0 Å². The highest BCUT2D eigenvalue weighted by Gasteiger charge is 2.27. The minimum absolute atomic E-state index is 1.21. The summed E-state index contributed by atoms with van der Waals surface area (Å²) < 4.78 is 0. The normalized spacial score (nSPS) is 18.5. The fourth-order valence-corrected chi connectivity index (χ4v) is 5.41. The smallest absolute Gasteiger partial charge is 0.0948 e. The van der Waals surface area contributed by atoms with Gasteiger partial charge in [0.2, 0.25) is 0 Å². The standard InChI is InChI=1S/C16H26N2Si/c1-5-15-6-8-16(9-7-15)19(3,4)14-18-12-10-17(2)11-13-18/h5-9H,1,10-14H2,2-4H3. The highest BCUT2D eigenvalue weighted by atomic mass is 28.3. The van der Waals surface area contributed by atoms with Crippen LogP contribution in [-0.2, 0) is 0 Å². The van der Waals surface area contributed by atoms with E-state index in [-0.39, 0.29) is 0 Å². The molecule has 0 spiro atoms. The molecule has 2 rings (SSSR count). The van der Waals surface area contributed by atoms with E-state index in [1.807, 2.05) is 6.08 Å². The molecule has 3 heteroatoms. The molecule has 1 aliphatic heterocycles. The summed E-state index contributed by atoms with van der Waals surface area (Å²) in [6.07, 6.45) is 3.19. The quantitative estimate of drug-likeness (QED) is 0.775. The number of rotatable bonds is 4. The molecule has 1 aliphatic rings. The van der Waals surface area contributed by atoms with Gasteiger partial charge in [0, 0.05) is 26.2 Å². The van der Waals surface area contributed by atoms with Crippen molar-refractivity contribution in [3.63, 3.8) is 0 Å². The summed E-state index contributed by atoms with van der Waals surface area (Å²) in [5.74, 6) is 0. The summed E-state index contributed by atoms with van der Waals surface area (Å²) in [6, 6.07) is 9.00. The molecule has 1 aromatic rings. The van der Waals surface area contributed by atoms with E-state index >= 15 is 0 Å². The maximum Gasteiger partial charge on any atom is 0.0948 e. The summed E-state index contributed by atoms with van der Waals surface area (Å²) in [7, 11) is 0.865. The molecule has 0 unspecified atom stereocenters. The summed E-state index contributed by atoms with van der Waals surface area (Å²) in [5.41, 5.74) is 1.22. The lowest BCUT2D eigenvalue weighted by atomic mass is 10.2. The Hall–Kier alpha value is -0.903. The molecule has 0 aromatic heterocycles. The van der Waals surface area contributed by atoms with Crippen LogP contribution in [0, 0.1) is 0 Å². The highest BCUT2D eigenvalue weighted by Crippen LogP contribution is 2.10. The Morgan fingerprint density at radius 1 is 1.11 bits per heavy atom. The van der Waals surface area contributed by atoms with Crippen molar-refractivity contribution in [3.8, 4) is 0 Å². The van der Waals surface area contributed by atoms with Crippen LogP contribution in [0.15, 0.2) is 30.8 Å². The van der Waals surface area contributed by atoms with Crippen LogP contribution in [0.5, 0.6) is 0 Å². The van der Waals surface area contributed by atoms with Crippen molar-refractivity contribution in [2.75, 3.05) is 39.4 Å². The molecular formula is C16H26N2Si. The fraction of sp³-hybridized carbons (Fsp3) is 0.500. The largest absolute Gasteiger partial charge is 0.304 e. The molecule has 0 amide bonds. The van der Waals surface area contributed by atoms with Gasteiger partial charge in [0.25, 0.3) is 0 Å². The average molecular weight is 274 g/mol. The van der Waals surface area contributed by atoms with Gasteiger partial charge in [-0.1, -0.05) is 55.2 Å². The number of hydrogen-bond acceptors (Lipinski definition) is 2. The van der Waals surface area contributed by atoms with E-state index < -0.39 is 8.07 Å². The van der Waals surface area contributed by atoms with Gasteiger partial charge in [-0.15, -0.1) is 0 Å². The first kappa shape index (κ1) is 14.5. The highest BCUT2D eigenvalue weighted by molar-refractivity contribution is 6.90. The Labute approximate surface area is 118 Å². The summed E-state index contributed by atoms with van der Waals surface area (Å²) in [4.78, 5) is 5.07. The van der Waals surface area contributed by atoms with Gasteiger partial charge in [-0.25, -0.2) is 0 Å². The lowest BCUT2D eigenvalue weighted by molar-refractivity contribution is 0.171. The first-order valence-corrected chi connectivity index (χ1v) is 10.4. The third kappa shape index (κ3) is 3.78. The molecule has 19 heavy (non-hydrogen) atoms. The van der Waals surface area contributed by atoms with Crippen LogP contribution >= 0.6 is 0 Å². The molecule has 0 saturated carbocycles. The molecule has 1 aromatic carbocycles. The van der Waals surface area contributed by atoms with Crippen molar-refractivity contribution in [3.05, 3.63) is 36.4 Å². The van der Waals surface area contributed by atoms with E-state index in [0.717, 1.165) is 0 Å². The molecule has 1 saturated heterocycles. The van der Waals surface area contributed by atoms with E-state index in [4.69, 9.17) is 0 Å². The van der Waals surface area contributed by atoms with E-state index in [1.54, 1.807) is 5.19 Å². The van der Waals surface area contributed by atoms with E-state index in [9.17, 15) is 0 Å². The van der Waals surface area contributed by atoms with Crippen LogP contribution in [-0.4, -0.2) is 57.3 Å². The molecule has 104 valence electrons. The molecule has 2 nitrogen and oxygen atoms in total. The van der Waals surface area contributed by atoms with Crippen LogP contribution in [0.4, 0.5) is 0 Å². The minimum Gasteiger partial charge on any atom is -0.304 e. The van der Waals surface area contributed by atoms with Gasteiger partial charge in [-0.2, -0.15) is 0 Å².